The van der Waals surface area contributed by atoms with E-state index in [9.17, 15) is 4.39 Å². The molecule has 2 unspecified atom stereocenters. The van der Waals surface area contributed by atoms with Gasteiger partial charge in [-0.2, -0.15) is 0 Å². The van der Waals surface area contributed by atoms with Gasteiger partial charge in [0, 0.05) is 23.9 Å². The summed E-state index contributed by atoms with van der Waals surface area (Å²) in [4.78, 5) is 4.50. The lowest BCUT2D eigenvalue weighted by Gasteiger charge is -2.29. The molecular weight excluding hydrogens is 319 g/mol. The summed E-state index contributed by atoms with van der Waals surface area (Å²) >= 11 is 3.17. The molecule has 0 amide bonds. The van der Waals surface area contributed by atoms with Crippen molar-refractivity contribution in [3.8, 4) is 0 Å². The monoisotopic (exact) mass is 334 g/mol. The largest absolute Gasteiger partial charge is 0.323 e. The van der Waals surface area contributed by atoms with Crippen LogP contribution in [-0.4, -0.2) is 4.98 Å². The highest BCUT2D eigenvalue weighted by atomic mass is 79.9. The summed E-state index contributed by atoms with van der Waals surface area (Å²) < 4.78 is 14.2. The van der Waals surface area contributed by atoms with E-state index < -0.39 is 0 Å². The molecule has 1 aliphatic carbocycles. The highest BCUT2D eigenvalue weighted by Crippen LogP contribution is 2.38. The Morgan fingerprint density at radius 1 is 1.35 bits per heavy atom. The smallest absolute Gasteiger partial charge is 0.137 e. The normalized spacial score (nSPS) is 19.4. The van der Waals surface area contributed by atoms with Gasteiger partial charge in [0.25, 0.3) is 0 Å². The number of nitrogens with zero attached hydrogens (tertiary/aromatic N) is 1. The Morgan fingerprint density at radius 3 is 3.00 bits per heavy atom. The quantitative estimate of drug-likeness (QED) is 0.897. The van der Waals surface area contributed by atoms with Gasteiger partial charge in [0.2, 0.25) is 0 Å². The number of hydrogen-bond donors (Lipinski definition) is 1. The molecule has 0 aliphatic heterocycles. The van der Waals surface area contributed by atoms with Crippen molar-refractivity contribution in [2.75, 3.05) is 0 Å². The molecule has 0 spiro atoms. The van der Waals surface area contributed by atoms with Crippen molar-refractivity contribution in [3.63, 3.8) is 0 Å². The second kappa shape index (κ2) is 5.62. The summed E-state index contributed by atoms with van der Waals surface area (Å²) in [5.74, 6) is -0.101. The topological polar surface area (TPSA) is 38.9 Å². The van der Waals surface area contributed by atoms with Crippen LogP contribution in [0.3, 0.4) is 0 Å². The van der Waals surface area contributed by atoms with Crippen LogP contribution in [0.5, 0.6) is 0 Å². The Balaban J connectivity index is 1.95. The Bertz CT molecular complexity index is 630. The Labute approximate surface area is 126 Å². The summed E-state index contributed by atoms with van der Waals surface area (Å²) in [5.41, 5.74) is 9.56. The van der Waals surface area contributed by atoms with Gasteiger partial charge in [-0.15, -0.1) is 0 Å². The molecule has 2 atom stereocenters. The van der Waals surface area contributed by atoms with Gasteiger partial charge in [-0.3, -0.25) is 4.98 Å². The highest BCUT2D eigenvalue weighted by Gasteiger charge is 2.28. The highest BCUT2D eigenvalue weighted by molar-refractivity contribution is 9.10. The summed E-state index contributed by atoms with van der Waals surface area (Å²) in [6.07, 6.45) is 4.98. The van der Waals surface area contributed by atoms with Gasteiger partial charge in [0.15, 0.2) is 0 Å². The average Bonchev–Trinajstić information content (AvgIpc) is 2.49. The summed E-state index contributed by atoms with van der Waals surface area (Å²) in [7, 11) is 0. The van der Waals surface area contributed by atoms with Crippen LogP contribution in [0.25, 0.3) is 0 Å². The van der Waals surface area contributed by atoms with E-state index in [-0.39, 0.29) is 17.8 Å². The van der Waals surface area contributed by atoms with E-state index in [4.69, 9.17) is 5.73 Å². The fraction of sp³-hybridized carbons (Fsp3) is 0.312. The summed E-state index contributed by atoms with van der Waals surface area (Å²) in [6, 6.07) is 8.98. The SMILES string of the molecule is NC(c1ccc(Br)c(F)c1)C1CCCc2cccnc21. The molecule has 20 heavy (non-hydrogen) atoms. The zero-order valence-corrected chi connectivity index (χ0v) is 12.6. The fourth-order valence-corrected chi connectivity index (χ4v) is 3.19. The zero-order chi connectivity index (χ0) is 14.1. The molecule has 1 aromatic carbocycles. The molecular formula is C16H16BrFN2. The van der Waals surface area contributed by atoms with Gasteiger partial charge in [0.05, 0.1) is 4.47 Å². The predicted molar refractivity (Wildman–Crippen MR) is 80.9 cm³/mol. The first-order valence-electron chi connectivity index (χ1n) is 6.81. The lowest BCUT2D eigenvalue weighted by molar-refractivity contribution is 0.461. The third kappa shape index (κ3) is 2.50. The van der Waals surface area contributed by atoms with Crippen LogP contribution in [0.4, 0.5) is 4.39 Å². The van der Waals surface area contributed by atoms with Gasteiger partial charge in [-0.1, -0.05) is 12.1 Å². The Kier molecular flexibility index (Phi) is 3.85. The molecule has 2 aromatic rings. The summed E-state index contributed by atoms with van der Waals surface area (Å²) in [6.45, 7) is 0. The number of halogens is 2. The molecule has 0 bridgehead atoms. The van der Waals surface area contributed by atoms with Crippen molar-refractivity contribution in [2.24, 2.45) is 5.73 Å². The van der Waals surface area contributed by atoms with Crippen LogP contribution in [0.15, 0.2) is 41.0 Å². The van der Waals surface area contributed by atoms with Crippen LogP contribution < -0.4 is 5.73 Å². The minimum atomic E-state index is -0.269. The Hall–Kier alpha value is -1.26. The Morgan fingerprint density at radius 2 is 2.20 bits per heavy atom. The van der Waals surface area contributed by atoms with Crippen LogP contribution in [-0.2, 0) is 6.42 Å². The van der Waals surface area contributed by atoms with E-state index >= 15 is 0 Å². The molecule has 3 rings (SSSR count). The van der Waals surface area contributed by atoms with Crippen molar-refractivity contribution in [1.82, 2.24) is 4.98 Å². The van der Waals surface area contributed by atoms with Gasteiger partial charge in [0.1, 0.15) is 5.82 Å². The van der Waals surface area contributed by atoms with Crippen molar-refractivity contribution in [3.05, 3.63) is 63.6 Å². The number of nitrogens with two attached hydrogens (primary N) is 1. The number of hydrogen-bond acceptors (Lipinski definition) is 2. The zero-order valence-electron chi connectivity index (χ0n) is 11.0. The molecule has 1 heterocycles. The number of rotatable bonds is 2. The first-order chi connectivity index (χ1) is 9.66. The molecule has 0 radical (unpaired) electrons. The minimum absolute atomic E-state index is 0.167. The third-order valence-electron chi connectivity index (χ3n) is 4.00. The maximum Gasteiger partial charge on any atom is 0.137 e. The van der Waals surface area contributed by atoms with Crippen LogP contribution in [0.2, 0.25) is 0 Å². The summed E-state index contributed by atoms with van der Waals surface area (Å²) in [5, 5.41) is 0. The maximum atomic E-state index is 13.7. The minimum Gasteiger partial charge on any atom is -0.323 e. The molecule has 2 N–H and O–H groups in total. The average molecular weight is 335 g/mol. The number of fused-ring (bicyclic) bond motifs is 1. The molecule has 1 aliphatic rings. The van der Waals surface area contributed by atoms with Crippen LogP contribution >= 0.6 is 15.9 Å². The second-order valence-corrected chi connectivity index (χ2v) is 6.10. The number of pyridine rings is 1. The van der Waals surface area contributed by atoms with Crippen molar-refractivity contribution in [2.45, 2.75) is 31.2 Å². The first kappa shape index (κ1) is 13.7. The number of aromatic nitrogens is 1. The second-order valence-electron chi connectivity index (χ2n) is 5.25. The van der Waals surface area contributed by atoms with E-state index in [2.05, 4.69) is 27.0 Å². The van der Waals surface area contributed by atoms with Crippen molar-refractivity contribution < 1.29 is 4.39 Å². The predicted octanol–water partition coefficient (Wildman–Crippen LogP) is 4.10. The molecule has 0 saturated heterocycles. The van der Waals surface area contributed by atoms with E-state index in [1.165, 1.54) is 11.6 Å². The van der Waals surface area contributed by atoms with Gasteiger partial charge in [-0.05, 0) is 64.5 Å². The van der Waals surface area contributed by atoms with E-state index in [0.717, 1.165) is 30.5 Å². The van der Waals surface area contributed by atoms with E-state index in [1.807, 2.05) is 18.3 Å². The number of benzene rings is 1. The van der Waals surface area contributed by atoms with Gasteiger partial charge in [-0.25, -0.2) is 4.39 Å². The van der Waals surface area contributed by atoms with E-state index in [0.29, 0.717) is 4.47 Å². The molecule has 0 saturated carbocycles. The molecule has 2 nitrogen and oxygen atoms in total. The third-order valence-corrected chi connectivity index (χ3v) is 4.64. The molecule has 4 heteroatoms. The lowest BCUT2D eigenvalue weighted by atomic mass is 9.80. The lowest BCUT2D eigenvalue weighted by Crippen LogP contribution is -2.24. The standard InChI is InChI=1S/C16H16BrFN2/c17-13-7-6-11(9-14(13)18)15(19)12-5-1-3-10-4-2-8-20-16(10)12/h2,4,6-9,12,15H,1,3,5,19H2. The maximum absolute atomic E-state index is 13.7. The fourth-order valence-electron chi connectivity index (χ4n) is 2.95. The number of aryl methyl sites for hydroxylation is 1. The van der Waals surface area contributed by atoms with Gasteiger partial charge < -0.3 is 5.73 Å². The van der Waals surface area contributed by atoms with Crippen LogP contribution in [0.1, 0.15) is 41.6 Å². The van der Waals surface area contributed by atoms with Crippen molar-refractivity contribution in [1.29, 1.82) is 0 Å². The molecule has 0 fully saturated rings. The molecule has 1 aromatic heterocycles. The van der Waals surface area contributed by atoms with E-state index in [1.54, 1.807) is 6.07 Å². The van der Waals surface area contributed by atoms with Crippen LogP contribution in [0, 0.1) is 5.82 Å². The molecule has 104 valence electrons. The first-order valence-corrected chi connectivity index (χ1v) is 7.60. The van der Waals surface area contributed by atoms with Crippen molar-refractivity contribution >= 4 is 15.9 Å². The van der Waals surface area contributed by atoms with Gasteiger partial charge >= 0.3 is 0 Å².